The summed E-state index contributed by atoms with van der Waals surface area (Å²) in [6, 6.07) is 13.2. The predicted molar refractivity (Wildman–Crippen MR) is 125 cm³/mol. The van der Waals surface area contributed by atoms with Crippen LogP contribution in [0.25, 0.3) is 0 Å². The van der Waals surface area contributed by atoms with Crippen molar-refractivity contribution >= 4 is 27.2 Å². The van der Waals surface area contributed by atoms with Gasteiger partial charge in [-0.3, -0.25) is 4.79 Å². The first kappa shape index (κ1) is 23.2. The summed E-state index contributed by atoms with van der Waals surface area (Å²) < 4.78 is 24.1. The van der Waals surface area contributed by atoms with Gasteiger partial charge in [0.2, 0.25) is 0 Å². The smallest absolute Gasteiger partial charge is 0.255 e. The highest BCUT2D eigenvalue weighted by Gasteiger charge is 2.35. The van der Waals surface area contributed by atoms with Crippen molar-refractivity contribution in [1.29, 1.82) is 0 Å². The van der Waals surface area contributed by atoms with Gasteiger partial charge in [-0.25, -0.2) is 13.4 Å². The maximum Gasteiger partial charge on any atom is 0.255 e. The normalized spacial score (nSPS) is 17.6. The Kier molecular flexibility index (Phi) is 7.67. The third-order valence-corrected chi connectivity index (χ3v) is 7.69. The van der Waals surface area contributed by atoms with Crippen molar-refractivity contribution in [3.8, 4) is 0 Å². The van der Waals surface area contributed by atoms with E-state index in [9.17, 15) is 13.2 Å². The molecule has 1 saturated heterocycles. The van der Waals surface area contributed by atoms with Crippen LogP contribution in [0.4, 0.5) is 11.5 Å². The highest BCUT2D eigenvalue weighted by Crippen LogP contribution is 2.23. The lowest BCUT2D eigenvalue weighted by Crippen LogP contribution is -2.45. The van der Waals surface area contributed by atoms with Crippen molar-refractivity contribution in [2.24, 2.45) is 0 Å². The number of benzene rings is 1. The van der Waals surface area contributed by atoms with Gasteiger partial charge in [-0.05, 0) is 43.8 Å². The van der Waals surface area contributed by atoms with E-state index < -0.39 is 9.84 Å². The molecule has 0 saturated carbocycles. The summed E-state index contributed by atoms with van der Waals surface area (Å²) in [5, 5.41) is 0. The highest BCUT2D eigenvalue weighted by atomic mass is 32.2. The molecule has 1 aliphatic rings. The lowest BCUT2D eigenvalue weighted by Gasteiger charge is -2.31. The number of aromatic nitrogens is 1. The topological polar surface area (TPSA) is 73.8 Å². The summed E-state index contributed by atoms with van der Waals surface area (Å²) in [4.78, 5) is 23.8. The quantitative estimate of drug-likeness (QED) is 0.592. The van der Waals surface area contributed by atoms with E-state index in [2.05, 4.69) is 23.7 Å². The molecule has 1 atom stereocenters. The van der Waals surface area contributed by atoms with Crippen molar-refractivity contribution < 1.29 is 13.2 Å². The summed E-state index contributed by atoms with van der Waals surface area (Å²) >= 11 is 0. The van der Waals surface area contributed by atoms with E-state index in [0.29, 0.717) is 18.5 Å². The van der Waals surface area contributed by atoms with Crippen molar-refractivity contribution in [1.82, 2.24) is 14.8 Å². The average Bonchev–Trinajstić information content (AvgIpc) is 3.16. The summed E-state index contributed by atoms with van der Waals surface area (Å²) in [5.41, 5.74) is 1.49. The van der Waals surface area contributed by atoms with E-state index >= 15 is 0 Å². The van der Waals surface area contributed by atoms with Crippen LogP contribution in [0.5, 0.6) is 0 Å². The van der Waals surface area contributed by atoms with E-state index in [4.69, 9.17) is 0 Å². The van der Waals surface area contributed by atoms with Gasteiger partial charge in [0, 0.05) is 38.1 Å². The molecule has 1 aromatic carbocycles. The number of nitrogens with zero attached hydrogens (tertiary/aromatic N) is 4. The Morgan fingerprint density at radius 1 is 1.06 bits per heavy atom. The number of hydrogen-bond acceptors (Lipinski definition) is 6. The summed E-state index contributed by atoms with van der Waals surface area (Å²) in [6.45, 7) is 7.18. The number of carbonyl (C=O) groups is 1. The Labute approximate surface area is 185 Å². The number of pyridine rings is 1. The van der Waals surface area contributed by atoms with Gasteiger partial charge in [0.25, 0.3) is 5.91 Å². The number of likely N-dealkylation sites (N-methyl/N-ethyl adjacent to an activating group) is 1. The fourth-order valence-corrected chi connectivity index (χ4v) is 5.65. The van der Waals surface area contributed by atoms with E-state index in [-0.39, 0.29) is 23.5 Å². The van der Waals surface area contributed by atoms with Crippen molar-refractivity contribution in [3.63, 3.8) is 0 Å². The standard InChI is InChI=1S/C23H32N4O3S/c1-4-26(5-2)14-15-27(21-13-16-31(29,30)18-21)23(28)19-11-12-22(24-17-19)25(3)20-9-7-6-8-10-20/h6-12,17,21H,4-5,13-16,18H2,1-3H3. The van der Waals surface area contributed by atoms with E-state index in [1.807, 2.05) is 48.3 Å². The Morgan fingerprint density at radius 3 is 2.32 bits per heavy atom. The molecule has 31 heavy (non-hydrogen) atoms. The maximum absolute atomic E-state index is 13.3. The second-order valence-corrected chi connectivity index (χ2v) is 10.1. The van der Waals surface area contributed by atoms with Gasteiger partial charge in [0.05, 0.1) is 17.1 Å². The first-order valence-corrected chi connectivity index (χ1v) is 12.6. The lowest BCUT2D eigenvalue weighted by molar-refractivity contribution is 0.0674. The van der Waals surface area contributed by atoms with Gasteiger partial charge in [0.15, 0.2) is 9.84 Å². The molecule has 2 heterocycles. The van der Waals surface area contributed by atoms with Crippen molar-refractivity contribution in [2.75, 3.05) is 49.6 Å². The Morgan fingerprint density at radius 2 is 1.77 bits per heavy atom. The Hall–Kier alpha value is -2.45. The van der Waals surface area contributed by atoms with Crippen LogP contribution in [0.1, 0.15) is 30.6 Å². The van der Waals surface area contributed by atoms with Crippen LogP contribution in [0.15, 0.2) is 48.7 Å². The molecule has 0 spiro atoms. The fraction of sp³-hybridized carbons (Fsp3) is 0.478. The number of amides is 1. The van der Waals surface area contributed by atoms with Crippen LogP contribution in [-0.2, 0) is 9.84 Å². The van der Waals surface area contributed by atoms with Crippen LogP contribution in [0, 0.1) is 0 Å². The zero-order valence-electron chi connectivity index (χ0n) is 18.6. The Bertz CT molecular complexity index is 960. The van der Waals surface area contributed by atoms with Crippen LogP contribution in [0.3, 0.4) is 0 Å². The lowest BCUT2D eigenvalue weighted by atomic mass is 10.1. The molecule has 0 radical (unpaired) electrons. The van der Waals surface area contributed by atoms with E-state index in [0.717, 1.165) is 31.1 Å². The van der Waals surface area contributed by atoms with E-state index in [1.54, 1.807) is 17.2 Å². The molecule has 1 amide bonds. The summed E-state index contributed by atoms with van der Waals surface area (Å²) in [5.74, 6) is 0.766. The molecule has 3 rings (SSSR count). The molecule has 1 aliphatic heterocycles. The largest absolute Gasteiger partial charge is 0.333 e. The molecular formula is C23H32N4O3S. The molecule has 2 aromatic rings. The fourth-order valence-electron chi connectivity index (χ4n) is 3.92. The second kappa shape index (κ2) is 10.2. The number of para-hydroxylation sites is 1. The van der Waals surface area contributed by atoms with Crippen LogP contribution >= 0.6 is 0 Å². The first-order chi connectivity index (χ1) is 14.8. The molecular weight excluding hydrogens is 412 g/mol. The number of carbonyl (C=O) groups excluding carboxylic acids is 1. The molecule has 7 nitrogen and oxygen atoms in total. The minimum Gasteiger partial charge on any atom is -0.333 e. The molecule has 1 unspecified atom stereocenters. The molecule has 1 fully saturated rings. The minimum atomic E-state index is -3.08. The third-order valence-electron chi connectivity index (χ3n) is 5.94. The Balaban J connectivity index is 1.78. The van der Waals surface area contributed by atoms with Gasteiger partial charge in [-0.15, -0.1) is 0 Å². The third kappa shape index (κ3) is 5.83. The van der Waals surface area contributed by atoms with Gasteiger partial charge in [-0.1, -0.05) is 32.0 Å². The molecule has 0 aliphatic carbocycles. The summed E-state index contributed by atoms with van der Waals surface area (Å²) in [7, 11) is -1.15. The number of hydrogen-bond donors (Lipinski definition) is 0. The van der Waals surface area contributed by atoms with E-state index in [1.165, 1.54) is 0 Å². The zero-order valence-corrected chi connectivity index (χ0v) is 19.4. The number of rotatable bonds is 9. The molecule has 8 heteroatoms. The maximum atomic E-state index is 13.3. The second-order valence-electron chi connectivity index (χ2n) is 7.88. The molecule has 168 valence electrons. The van der Waals surface area contributed by atoms with Crippen LogP contribution in [-0.4, -0.2) is 79.9 Å². The minimum absolute atomic E-state index is 0.0409. The summed E-state index contributed by atoms with van der Waals surface area (Å²) in [6.07, 6.45) is 2.08. The molecule has 0 N–H and O–H groups in total. The van der Waals surface area contributed by atoms with Crippen LogP contribution in [0.2, 0.25) is 0 Å². The SMILES string of the molecule is CCN(CC)CCN(C(=O)c1ccc(N(C)c2ccccc2)nc1)C1CCS(=O)(=O)C1. The van der Waals surface area contributed by atoms with Gasteiger partial charge in [0.1, 0.15) is 5.82 Å². The zero-order chi connectivity index (χ0) is 22.4. The molecule has 1 aromatic heterocycles. The average molecular weight is 445 g/mol. The predicted octanol–water partition coefficient (Wildman–Crippen LogP) is 2.82. The molecule has 0 bridgehead atoms. The number of anilines is 2. The number of sulfone groups is 1. The van der Waals surface area contributed by atoms with Gasteiger partial charge < -0.3 is 14.7 Å². The van der Waals surface area contributed by atoms with Gasteiger partial charge in [-0.2, -0.15) is 0 Å². The van der Waals surface area contributed by atoms with Crippen LogP contribution < -0.4 is 4.90 Å². The van der Waals surface area contributed by atoms with Crippen molar-refractivity contribution in [3.05, 3.63) is 54.2 Å². The monoisotopic (exact) mass is 444 g/mol. The highest BCUT2D eigenvalue weighted by molar-refractivity contribution is 7.91. The van der Waals surface area contributed by atoms with Gasteiger partial charge >= 0.3 is 0 Å². The first-order valence-electron chi connectivity index (χ1n) is 10.8. The van der Waals surface area contributed by atoms with Crippen molar-refractivity contribution in [2.45, 2.75) is 26.3 Å².